The van der Waals surface area contributed by atoms with Gasteiger partial charge in [0, 0.05) is 24.3 Å². The van der Waals surface area contributed by atoms with Crippen LogP contribution in [0.25, 0.3) is 0 Å². The van der Waals surface area contributed by atoms with Gasteiger partial charge in [-0.3, -0.25) is 9.59 Å². The molecule has 0 atom stereocenters. The van der Waals surface area contributed by atoms with Crippen molar-refractivity contribution < 1.29 is 14.0 Å². The Hall–Kier alpha value is -2.31. The Kier molecular flexibility index (Phi) is 8.01. The zero-order valence-corrected chi connectivity index (χ0v) is 14.5. The highest BCUT2D eigenvalue weighted by molar-refractivity contribution is 6.03. The van der Waals surface area contributed by atoms with Crippen LogP contribution in [0, 0.1) is 6.92 Å². The highest BCUT2D eigenvalue weighted by atomic mass is 35.5. The average molecular weight is 352 g/mol. The molecular formula is C17H22ClN3O3. The number of carbonyl (C=O) groups is 2. The number of carbonyl (C=O) groups excluding carboxylic acids is 2. The first kappa shape index (κ1) is 19.7. The van der Waals surface area contributed by atoms with Crippen LogP contribution < -0.4 is 16.0 Å². The van der Waals surface area contributed by atoms with Crippen LogP contribution in [0.1, 0.15) is 33.4 Å². The standard InChI is InChI=1S/C17H21N3O3.ClH/c1-3-18-8-9-19-16(21)13-7-6-12(2)14(11-13)20-17(22)15-5-4-10-23-15;/h4-7,10-11,18H,3,8-9H2,1-2H3,(H,19,21)(H,20,22);1H. The van der Waals surface area contributed by atoms with E-state index >= 15 is 0 Å². The van der Waals surface area contributed by atoms with Crippen molar-refractivity contribution in [3.05, 3.63) is 53.5 Å². The number of furan rings is 1. The van der Waals surface area contributed by atoms with Gasteiger partial charge in [-0.25, -0.2) is 0 Å². The molecule has 24 heavy (non-hydrogen) atoms. The third kappa shape index (κ3) is 5.40. The topological polar surface area (TPSA) is 83.4 Å². The molecule has 0 aliphatic heterocycles. The van der Waals surface area contributed by atoms with Crippen molar-refractivity contribution in [1.82, 2.24) is 10.6 Å². The first-order valence-corrected chi connectivity index (χ1v) is 7.56. The van der Waals surface area contributed by atoms with E-state index in [1.807, 2.05) is 13.8 Å². The summed E-state index contributed by atoms with van der Waals surface area (Å²) >= 11 is 0. The molecule has 0 saturated carbocycles. The van der Waals surface area contributed by atoms with Gasteiger partial charge in [0.25, 0.3) is 11.8 Å². The smallest absolute Gasteiger partial charge is 0.291 e. The van der Waals surface area contributed by atoms with Crippen LogP contribution in [0.2, 0.25) is 0 Å². The number of aryl methyl sites for hydroxylation is 1. The van der Waals surface area contributed by atoms with Gasteiger partial charge < -0.3 is 20.4 Å². The molecule has 2 amide bonds. The molecule has 1 aromatic heterocycles. The summed E-state index contributed by atoms with van der Waals surface area (Å²) in [6, 6.07) is 8.44. The predicted octanol–water partition coefficient (Wildman–Crippen LogP) is 2.60. The number of benzene rings is 1. The second-order valence-electron chi connectivity index (χ2n) is 5.07. The molecule has 6 nitrogen and oxygen atoms in total. The average Bonchev–Trinajstić information content (AvgIpc) is 3.08. The second-order valence-corrected chi connectivity index (χ2v) is 5.07. The molecule has 7 heteroatoms. The molecule has 0 saturated heterocycles. The van der Waals surface area contributed by atoms with E-state index < -0.39 is 0 Å². The van der Waals surface area contributed by atoms with Crippen LogP contribution in [-0.2, 0) is 0 Å². The molecule has 2 aromatic rings. The van der Waals surface area contributed by atoms with Crippen molar-refractivity contribution in [2.75, 3.05) is 25.0 Å². The van der Waals surface area contributed by atoms with Gasteiger partial charge in [0.05, 0.1) is 6.26 Å². The molecular weight excluding hydrogens is 330 g/mol. The van der Waals surface area contributed by atoms with Crippen molar-refractivity contribution in [2.24, 2.45) is 0 Å². The van der Waals surface area contributed by atoms with Gasteiger partial charge in [-0.1, -0.05) is 13.0 Å². The fourth-order valence-corrected chi connectivity index (χ4v) is 2.03. The van der Waals surface area contributed by atoms with Gasteiger partial charge in [-0.2, -0.15) is 0 Å². The Bertz CT molecular complexity index is 672. The normalized spacial score (nSPS) is 9.92. The number of anilines is 1. The molecule has 3 N–H and O–H groups in total. The van der Waals surface area contributed by atoms with Gasteiger partial charge in [0.1, 0.15) is 0 Å². The van der Waals surface area contributed by atoms with Gasteiger partial charge in [0.2, 0.25) is 0 Å². The molecule has 1 heterocycles. The minimum atomic E-state index is -0.345. The summed E-state index contributed by atoms with van der Waals surface area (Å²) in [6.45, 7) is 6.01. The Morgan fingerprint density at radius 3 is 2.58 bits per heavy atom. The van der Waals surface area contributed by atoms with Crippen molar-refractivity contribution in [2.45, 2.75) is 13.8 Å². The molecule has 1 aromatic carbocycles. The van der Waals surface area contributed by atoms with Gasteiger partial charge in [-0.05, 0) is 43.3 Å². The molecule has 130 valence electrons. The lowest BCUT2D eigenvalue weighted by Crippen LogP contribution is -2.31. The monoisotopic (exact) mass is 351 g/mol. The fraction of sp³-hybridized carbons (Fsp3) is 0.294. The minimum absolute atomic E-state index is 0. The van der Waals surface area contributed by atoms with Crippen LogP contribution in [-0.4, -0.2) is 31.4 Å². The molecule has 0 spiro atoms. The number of nitrogens with one attached hydrogen (secondary N) is 3. The maximum atomic E-state index is 12.1. The van der Waals surface area contributed by atoms with Crippen LogP contribution in [0.5, 0.6) is 0 Å². The van der Waals surface area contributed by atoms with Crippen molar-refractivity contribution in [3.8, 4) is 0 Å². The molecule has 0 radical (unpaired) electrons. The van der Waals surface area contributed by atoms with Crippen LogP contribution in [0.3, 0.4) is 0 Å². The molecule has 0 aliphatic rings. The van der Waals surface area contributed by atoms with Gasteiger partial charge >= 0.3 is 0 Å². The van der Waals surface area contributed by atoms with Gasteiger partial charge in [0.15, 0.2) is 5.76 Å². The summed E-state index contributed by atoms with van der Waals surface area (Å²) in [5, 5.41) is 8.72. The quantitative estimate of drug-likeness (QED) is 0.669. The second kappa shape index (κ2) is 9.75. The van der Waals surface area contributed by atoms with Gasteiger partial charge in [-0.15, -0.1) is 12.4 Å². The first-order chi connectivity index (χ1) is 11.1. The van der Waals surface area contributed by atoms with Crippen LogP contribution in [0.4, 0.5) is 5.69 Å². The minimum Gasteiger partial charge on any atom is -0.459 e. The number of halogens is 1. The van der Waals surface area contributed by atoms with E-state index in [0.29, 0.717) is 17.8 Å². The van der Waals surface area contributed by atoms with E-state index in [0.717, 1.165) is 18.7 Å². The first-order valence-electron chi connectivity index (χ1n) is 7.56. The maximum Gasteiger partial charge on any atom is 0.291 e. The number of likely N-dealkylation sites (N-methyl/N-ethyl adjacent to an activating group) is 1. The van der Waals surface area contributed by atoms with Crippen molar-refractivity contribution in [1.29, 1.82) is 0 Å². The van der Waals surface area contributed by atoms with E-state index in [4.69, 9.17) is 4.42 Å². The van der Waals surface area contributed by atoms with E-state index in [2.05, 4.69) is 16.0 Å². The number of hydrogen-bond donors (Lipinski definition) is 3. The Balaban J connectivity index is 0.00000288. The summed E-state index contributed by atoms with van der Waals surface area (Å²) < 4.78 is 5.06. The lowest BCUT2D eigenvalue weighted by atomic mass is 10.1. The number of amides is 2. The summed E-state index contributed by atoms with van der Waals surface area (Å²) in [4.78, 5) is 24.2. The SMILES string of the molecule is CCNCCNC(=O)c1ccc(C)c(NC(=O)c2ccco2)c1.Cl. The van der Waals surface area contributed by atoms with Crippen molar-refractivity contribution >= 4 is 29.9 Å². The van der Waals surface area contributed by atoms with Crippen LogP contribution >= 0.6 is 12.4 Å². The fourth-order valence-electron chi connectivity index (χ4n) is 2.03. The molecule has 0 bridgehead atoms. The van der Waals surface area contributed by atoms with E-state index in [9.17, 15) is 9.59 Å². The van der Waals surface area contributed by atoms with Crippen LogP contribution in [0.15, 0.2) is 41.0 Å². The maximum absolute atomic E-state index is 12.1. The summed E-state index contributed by atoms with van der Waals surface area (Å²) in [5.41, 5.74) is 1.96. The third-order valence-corrected chi connectivity index (χ3v) is 3.33. The number of rotatable bonds is 7. The lowest BCUT2D eigenvalue weighted by molar-refractivity contribution is 0.0951. The summed E-state index contributed by atoms with van der Waals surface area (Å²) in [5.74, 6) is -0.288. The molecule has 0 unspecified atom stereocenters. The van der Waals surface area contributed by atoms with Crippen molar-refractivity contribution in [3.63, 3.8) is 0 Å². The highest BCUT2D eigenvalue weighted by Gasteiger charge is 2.12. The Morgan fingerprint density at radius 1 is 1.12 bits per heavy atom. The zero-order chi connectivity index (χ0) is 16.7. The molecule has 0 aliphatic carbocycles. The summed E-state index contributed by atoms with van der Waals surface area (Å²) in [7, 11) is 0. The Labute approximate surface area is 147 Å². The summed E-state index contributed by atoms with van der Waals surface area (Å²) in [6.07, 6.45) is 1.44. The lowest BCUT2D eigenvalue weighted by Gasteiger charge is -2.10. The highest BCUT2D eigenvalue weighted by Crippen LogP contribution is 2.18. The van der Waals surface area contributed by atoms with E-state index in [-0.39, 0.29) is 30.0 Å². The van der Waals surface area contributed by atoms with E-state index in [1.54, 1.807) is 30.3 Å². The molecule has 0 fully saturated rings. The number of hydrogen-bond acceptors (Lipinski definition) is 4. The zero-order valence-electron chi connectivity index (χ0n) is 13.7. The largest absolute Gasteiger partial charge is 0.459 e. The Morgan fingerprint density at radius 2 is 1.92 bits per heavy atom. The molecule has 2 rings (SSSR count). The third-order valence-electron chi connectivity index (χ3n) is 3.33. The van der Waals surface area contributed by atoms with E-state index in [1.165, 1.54) is 6.26 Å². The predicted molar refractivity (Wildman–Crippen MR) is 96.0 cm³/mol.